The van der Waals surface area contributed by atoms with Crippen molar-refractivity contribution in [1.29, 1.82) is 0 Å². The normalized spacial score (nSPS) is 17.1. The molecule has 0 amide bonds. The van der Waals surface area contributed by atoms with Gasteiger partial charge in [0.2, 0.25) is 0 Å². The molecule has 1 aliphatic heterocycles. The predicted octanol–water partition coefficient (Wildman–Crippen LogP) is 4.69. The molecule has 1 N–H and O–H groups in total. The minimum atomic E-state index is -0.311. The van der Waals surface area contributed by atoms with E-state index in [2.05, 4.69) is 0 Å². The molecule has 1 aliphatic rings. The van der Waals surface area contributed by atoms with E-state index in [1.54, 1.807) is 33.5 Å². The molecule has 0 fully saturated rings. The second kappa shape index (κ2) is 8.06. The number of methoxy groups -OCH3 is 4. The lowest BCUT2D eigenvalue weighted by Gasteiger charge is -2.21. The Morgan fingerprint density at radius 3 is 1.90 bits per heavy atom. The molecule has 0 spiro atoms. The lowest BCUT2D eigenvalue weighted by molar-refractivity contribution is 0.221. The molecule has 3 aromatic carbocycles. The van der Waals surface area contributed by atoms with Crippen LogP contribution in [0, 0.1) is 0 Å². The van der Waals surface area contributed by atoms with Gasteiger partial charge < -0.3 is 28.8 Å². The maximum atomic E-state index is 10.4. The summed E-state index contributed by atoms with van der Waals surface area (Å²) < 4.78 is 27.9. The van der Waals surface area contributed by atoms with E-state index in [4.69, 9.17) is 23.7 Å². The van der Waals surface area contributed by atoms with Crippen molar-refractivity contribution in [2.75, 3.05) is 28.4 Å². The number of hydrogen-bond acceptors (Lipinski definition) is 6. The summed E-state index contributed by atoms with van der Waals surface area (Å²) in [5.74, 6) is 3.05. The molecule has 0 aliphatic carbocycles. The Balaban J connectivity index is 1.87. The third-order valence-electron chi connectivity index (χ3n) is 5.38. The number of phenolic OH excluding ortho intramolecular Hbond substituents is 1. The number of phenols is 1. The standard InChI is InChI=1S/C24H24O6/c1-26-16-7-5-14(6-8-16)24-23(15-9-17(27-2)11-18(10-15)28-3)19-12-20(25)22(29-4)13-21(19)30-24/h5-13,23-25H,1-4H3. The second-order valence-corrected chi connectivity index (χ2v) is 7.00. The van der Waals surface area contributed by atoms with Gasteiger partial charge in [-0.1, -0.05) is 12.1 Å². The summed E-state index contributed by atoms with van der Waals surface area (Å²) in [7, 11) is 6.39. The van der Waals surface area contributed by atoms with Crippen molar-refractivity contribution < 1.29 is 28.8 Å². The van der Waals surface area contributed by atoms with Gasteiger partial charge in [0.15, 0.2) is 11.5 Å². The highest BCUT2D eigenvalue weighted by atomic mass is 16.5. The van der Waals surface area contributed by atoms with Gasteiger partial charge >= 0.3 is 0 Å². The molecule has 6 heteroatoms. The second-order valence-electron chi connectivity index (χ2n) is 7.00. The zero-order chi connectivity index (χ0) is 21.3. The molecule has 2 atom stereocenters. The molecular formula is C24H24O6. The zero-order valence-corrected chi connectivity index (χ0v) is 17.3. The molecule has 6 nitrogen and oxygen atoms in total. The quantitative estimate of drug-likeness (QED) is 0.638. The summed E-state index contributed by atoms with van der Waals surface area (Å²) >= 11 is 0. The van der Waals surface area contributed by atoms with Crippen LogP contribution >= 0.6 is 0 Å². The van der Waals surface area contributed by atoms with Gasteiger partial charge in [-0.05, 0) is 41.5 Å². The van der Waals surface area contributed by atoms with Crippen molar-refractivity contribution in [3.05, 3.63) is 71.3 Å². The largest absolute Gasteiger partial charge is 0.504 e. The molecule has 0 aromatic heterocycles. The van der Waals surface area contributed by atoms with Crippen molar-refractivity contribution in [1.82, 2.24) is 0 Å². The summed E-state index contributed by atoms with van der Waals surface area (Å²) in [6, 6.07) is 17.0. The molecule has 30 heavy (non-hydrogen) atoms. The Bertz CT molecular complexity index is 1020. The maximum absolute atomic E-state index is 10.4. The smallest absolute Gasteiger partial charge is 0.164 e. The van der Waals surface area contributed by atoms with E-state index < -0.39 is 0 Å². The van der Waals surface area contributed by atoms with Crippen LogP contribution in [0.4, 0.5) is 0 Å². The number of ether oxygens (including phenoxy) is 5. The lowest BCUT2D eigenvalue weighted by atomic mass is 9.85. The summed E-state index contributed by atoms with van der Waals surface area (Å²) in [6.45, 7) is 0. The highest BCUT2D eigenvalue weighted by Crippen LogP contribution is 2.53. The van der Waals surface area contributed by atoms with Crippen LogP contribution in [0.2, 0.25) is 0 Å². The van der Waals surface area contributed by atoms with Gasteiger partial charge in [0.25, 0.3) is 0 Å². The molecule has 0 saturated heterocycles. The van der Waals surface area contributed by atoms with Crippen LogP contribution < -0.4 is 23.7 Å². The fourth-order valence-electron chi connectivity index (χ4n) is 3.86. The first-order chi connectivity index (χ1) is 14.6. The summed E-state index contributed by atoms with van der Waals surface area (Å²) in [5, 5.41) is 10.4. The number of aromatic hydroxyl groups is 1. The number of hydrogen-bond donors (Lipinski definition) is 1. The van der Waals surface area contributed by atoms with Crippen LogP contribution in [0.25, 0.3) is 0 Å². The third-order valence-corrected chi connectivity index (χ3v) is 5.38. The van der Waals surface area contributed by atoms with Crippen LogP contribution in [0.15, 0.2) is 54.6 Å². The van der Waals surface area contributed by atoms with Crippen LogP contribution in [0.3, 0.4) is 0 Å². The highest BCUT2D eigenvalue weighted by molar-refractivity contribution is 5.58. The Kier molecular flexibility index (Phi) is 5.31. The first-order valence-electron chi connectivity index (χ1n) is 9.52. The molecular weight excluding hydrogens is 384 g/mol. The molecule has 156 valence electrons. The number of fused-ring (bicyclic) bond motifs is 1. The first kappa shape index (κ1) is 19.8. The van der Waals surface area contributed by atoms with E-state index in [9.17, 15) is 5.11 Å². The number of benzene rings is 3. The van der Waals surface area contributed by atoms with Crippen molar-refractivity contribution in [2.45, 2.75) is 12.0 Å². The van der Waals surface area contributed by atoms with Gasteiger partial charge in [0.1, 0.15) is 29.1 Å². The zero-order valence-electron chi connectivity index (χ0n) is 17.3. The summed E-state index contributed by atoms with van der Waals surface area (Å²) in [4.78, 5) is 0. The molecule has 2 unspecified atom stereocenters. The molecule has 4 rings (SSSR count). The topological polar surface area (TPSA) is 66.4 Å². The summed E-state index contributed by atoms with van der Waals surface area (Å²) in [5.41, 5.74) is 2.80. The molecule has 3 aromatic rings. The summed E-state index contributed by atoms with van der Waals surface area (Å²) in [6.07, 6.45) is -0.311. The predicted molar refractivity (Wildman–Crippen MR) is 112 cm³/mol. The molecule has 0 saturated carbocycles. The van der Waals surface area contributed by atoms with E-state index in [0.717, 1.165) is 22.4 Å². The Hall–Kier alpha value is -3.54. The highest BCUT2D eigenvalue weighted by Gasteiger charge is 2.38. The maximum Gasteiger partial charge on any atom is 0.164 e. The SMILES string of the molecule is COc1ccc(C2Oc3cc(OC)c(O)cc3C2c2cc(OC)cc(OC)c2)cc1. The fourth-order valence-corrected chi connectivity index (χ4v) is 3.86. The third kappa shape index (κ3) is 3.45. The fraction of sp³-hybridized carbons (Fsp3) is 0.250. The van der Waals surface area contributed by atoms with Crippen LogP contribution in [0.5, 0.6) is 34.5 Å². The number of rotatable bonds is 6. The van der Waals surface area contributed by atoms with Gasteiger partial charge in [-0.2, -0.15) is 0 Å². The van der Waals surface area contributed by atoms with Crippen molar-refractivity contribution in [2.24, 2.45) is 0 Å². The average molecular weight is 408 g/mol. The van der Waals surface area contributed by atoms with Gasteiger partial charge in [0, 0.05) is 17.7 Å². The van der Waals surface area contributed by atoms with Gasteiger partial charge in [-0.25, -0.2) is 0 Å². The van der Waals surface area contributed by atoms with Gasteiger partial charge in [-0.3, -0.25) is 0 Å². The van der Waals surface area contributed by atoms with Crippen molar-refractivity contribution >= 4 is 0 Å². The van der Waals surface area contributed by atoms with E-state index in [-0.39, 0.29) is 17.8 Å². The van der Waals surface area contributed by atoms with Crippen molar-refractivity contribution in [3.63, 3.8) is 0 Å². The lowest BCUT2D eigenvalue weighted by Crippen LogP contribution is -2.11. The molecule has 1 heterocycles. The Labute approximate surface area is 175 Å². The van der Waals surface area contributed by atoms with Gasteiger partial charge in [-0.15, -0.1) is 0 Å². The van der Waals surface area contributed by atoms with Crippen LogP contribution in [-0.4, -0.2) is 33.5 Å². The van der Waals surface area contributed by atoms with E-state index in [1.165, 1.54) is 7.11 Å². The van der Waals surface area contributed by atoms with E-state index >= 15 is 0 Å². The van der Waals surface area contributed by atoms with Crippen molar-refractivity contribution in [3.8, 4) is 34.5 Å². The molecule has 0 bridgehead atoms. The van der Waals surface area contributed by atoms with E-state index in [1.807, 2.05) is 42.5 Å². The Morgan fingerprint density at radius 2 is 1.33 bits per heavy atom. The van der Waals surface area contributed by atoms with Crippen LogP contribution in [0.1, 0.15) is 28.7 Å². The van der Waals surface area contributed by atoms with E-state index in [0.29, 0.717) is 23.0 Å². The Morgan fingerprint density at radius 1 is 0.700 bits per heavy atom. The minimum absolute atomic E-state index is 0.0649. The monoisotopic (exact) mass is 408 g/mol. The average Bonchev–Trinajstić information content (AvgIpc) is 3.16. The van der Waals surface area contributed by atoms with Gasteiger partial charge in [0.05, 0.1) is 34.4 Å². The van der Waals surface area contributed by atoms with Crippen LogP contribution in [-0.2, 0) is 0 Å². The minimum Gasteiger partial charge on any atom is -0.504 e. The first-order valence-corrected chi connectivity index (χ1v) is 9.52. The molecule has 0 radical (unpaired) electrons.